The molecule has 0 aliphatic rings. The molecule has 0 aliphatic heterocycles. The van der Waals surface area contributed by atoms with Crippen molar-refractivity contribution in [3.8, 4) is 28.7 Å². The number of anilines is 1. The van der Waals surface area contributed by atoms with Crippen molar-refractivity contribution in [1.82, 2.24) is 0 Å². The van der Waals surface area contributed by atoms with E-state index in [1.807, 2.05) is 0 Å². The molecule has 0 atom stereocenters. The summed E-state index contributed by atoms with van der Waals surface area (Å²) in [5, 5.41) is 21.4. The lowest BCUT2D eigenvalue weighted by atomic mass is 10.2. The number of ether oxygens (including phenoxy) is 2. The Hall–Kier alpha value is -3.13. The van der Waals surface area contributed by atoms with Crippen LogP contribution in [0.5, 0.6) is 28.7 Å². The molecule has 7 nitrogen and oxygen atoms in total. The highest BCUT2D eigenvalue weighted by Crippen LogP contribution is 2.41. The van der Waals surface area contributed by atoms with Crippen molar-refractivity contribution < 1.29 is 29.3 Å². The van der Waals surface area contributed by atoms with Gasteiger partial charge in [0.2, 0.25) is 0 Å². The van der Waals surface area contributed by atoms with Crippen LogP contribution in [-0.4, -0.2) is 22.1 Å². The number of aromatic hydroxyl groups is 1. The maximum Gasteiger partial charge on any atom is 0.394 e. The number of phenols is 1. The molecule has 30 heavy (non-hydrogen) atoms. The third-order valence-electron chi connectivity index (χ3n) is 3.64. The molecule has 1 amide bonds. The van der Waals surface area contributed by atoms with Crippen LogP contribution in [0.4, 0.5) is 5.69 Å². The van der Waals surface area contributed by atoms with E-state index < -0.39 is 11.9 Å². The smallest absolute Gasteiger partial charge is 0.394 e. The Morgan fingerprint density at radius 3 is 2.03 bits per heavy atom. The van der Waals surface area contributed by atoms with Crippen LogP contribution in [0.2, 0.25) is 15.1 Å². The summed E-state index contributed by atoms with van der Waals surface area (Å²) in [7, 11) is 0. The van der Waals surface area contributed by atoms with Crippen LogP contribution in [0.1, 0.15) is 0 Å². The third kappa shape index (κ3) is 5.27. The van der Waals surface area contributed by atoms with Gasteiger partial charge in [-0.25, -0.2) is 4.79 Å². The van der Waals surface area contributed by atoms with Gasteiger partial charge in [0.1, 0.15) is 11.5 Å². The van der Waals surface area contributed by atoms with Gasteiger partial charge in [0.05, 0.1) is 10.0 Å². The van der Waals surface area contributed by atoms with Gasteiger partial charge in [-0.2, -0.15) is 0 Å². The minimum absolute atomic E-state index is 0.0245. The van der Waals surface area contributed by atoms with Crippen LogP contribution in [0.3, 0.4) is 0 Å². The number of nitrogens with one attached hydrogen (secondary N) is 1. The maximum absolute atomic E-state index is 11.3. The van der Waals surface area contributed by atoms with Crippen LogP contribution < -0.4 is 14.8 Å². The first-order valence-corrected chi connectivity index (χ1v) is 9.34. The van der Waals surface area contributed by atoms with Gasteiger partial charge in [-0.15, -0.1) is 0 Å². The van der Waals surface area contributed by atoms with Gasteiger partial charge in [0, 0.05) is 16.8 Å². The first kappa shape index (κ1) is 21.6. The van der Waals surface area contributed by atoms with Crippen LogP contribution in [-0.2, 0) is 9.59 Å². The molecule has 3 N–H and O–H groups in total. The molecule has 0 unspecified atom stereocenters. The zero-order chi connectivity index (χ0) is 21.8. The van der Waals surface area contributed by atoms with Crippen molar-refractivity contribution in [2.24, 2.45) is 0 Å². The molecule has 0 aromatic heterocycles. The van der Waals surface area contributed by atoms with Crippen LogP contribution in [0.15, 0.2) is 54.6 Å². The van der Waals surface area contributed by atoms with Crippen LogP contribution in [0, 0.1) is 0 Å². The van der Waals surface area contributed by atoms with Gasteiger partial charge in [0.15, 0.2) is 17.2 Å². The summed E-state index contributed by atoms with van der Waals surface area (Å²) < 4.78 is 11.3. The van der Waals surface area contributed by atoms with Gasteiger partial charge >= 0.3 is 11.9 Å². The molecule has 10 heteroatoms. The Labute approximate surface area is 185 Å². The summed E-state index contributed by atoms with van der Waals surface area (Å²) in [5.74, 6) is -2.13. The first-order valence-electron chi connectivity index (χ1n) is 8.20. The number of rotatable bonds is 5. The number of hydrogen-bond donors (Lipinski definition) is 3. The average molecular weight is 469 g/mol. The first-order chi connectivity index (χ1) is 14.2. The summed E-state index contributed by atoms with van der Waals surface area (Å²) >= 11 is 18.2. The summed E-state index contributed by atoms with van der Waals surface area (Å²) in [6, 6.07) is 13.4. The quantitative estimate of drug-likeness (QED) is 0.399. The normalized spacial score (nSPS) is 10.4. The van der Waals surface area contributed by atoms with E-state index in [0.717, 1.165) is 0 Å². The largest absolute Gasteiger partial charge is 0.504 e. The number of benzene rings is 3. The molecule has 0 aliphatic carbocycles. The van der Waals surface area contributed by atoms with Crippen molar-refractivity contribution >= 4 is 52.4 Å². The number of phenolic OH excluding ortho intramolecular Hbond substituents is 1. The molecular formula is C20H12Cl3NO6. The lowest BCUT2D eigenvalue weighted by Gasteiger charge is -2.13. The van der Waals surface area contributed by atoms with E-state index in [4.69, 9.17) is 49.4 Å². The Bertz CT molecular complexity index is 1100. The highest BCUT2D eigenvalue weighted by Gasteiger charge is 2.16. The molecule has 0 bridgehead atoms. The summed E-state index contributed by atoms with van der Waals surface area (Å²) in [6.07, 6.45) is 0. The van der Waals surface area contributed by atoms with Gasteiger partial charge in [0.25, 0.3) is 0 Å². The lowest BCUT2D eigenvalue weighted by Crippen LogP contribution is -2.21. The molecule has 154 valence electrons. The molecule has 3 rings (SSSR count). The van der Waals surface area contributed by atoms with Crippen molar-refractivity contribution in [3.63, 3.8) is 0 Å². The van der Waals surface area contributed by atoms with E-state index in [0.29, 0.717) is 10.8 Å². The maximum atomic E-state index is 11.3. The van der Waals surface area contributed by atoms with E-state index in [1.54, 1.807) is 24.3 Å². The fourth-order valence-corrected chi connectivity index (χ4v) is 2.99. The second kappa shape index (κ2) is 9.13. The zero-order valence-electron chi connectivity index (χ0n) is 14.9. The molecule has 0 radical (unpaired) electrons. The minimum Gasteiger partial charge on any atom is -0.504 e. The Balaban J connectivity index is 1.83. The monoisotopic (exact) mass is 467 g/mol. The number of carboxylic acid groups (broad SMARTS) is 1. The summed E-state index contributed by atoms with van der Waals surface area (Å²) in [5.41, 5.74) is 0.0854. The van der Waals surface area contributed by atoms with E-state index in [1.165, 1.54) is 30.3 Å². The van der Waals surface area contributed by atoms with E-state index in [2.05, 4.69) is 5.32 Å². The molecule has 0 saturated heterocycles. The summed E-state index contributed by atoms with van der Waals surface area (Å²) in [4.78, 5) is 21.9. The Kier molecular flexibility index (Phi) is 6.56. The van der Waals surface area contributed by atoms with E-state index in [9.17, 15) is 14.7 Å². The van der Waals surface area contributed by atoms with E-state index >= 15 is 0 Å². The minimum atomic E-state index is -1.65. The molecule has 3 aromatic carbocycles. The van der Waals surface area contributed by atoms with Crippen molar-refractivity contribution in [2.45, 2.75) is 0 Å². The van der Waals surface area contributed by atoms with Gasteiger partial charge in [-0.3, -0.25) is 4.79 Å². The van der Waals surface area contributed by atoms with Crippen LogP contribution >= 0.6 is 34.8 Å². The Morgan fingerprint density at radius 2 is 1.43 bits per heavy atom. The average Bonchev–Trinajstić information content (AvgIpc) is 2.68. The van der Waals surface area contributed by atoms with Gasteiger partial charge in [-0.05, 0) is 48.5 Å². The Morgan fingerprint density at radius 1 is 0.833 bits per heavy atom. The second-order valence-corrected chi connectivity index (χ2v) is 7.07. The third-order valence-corrected chi connectivity index (χ3v) is 4.46. The fourth-order valence-electron chi connectivity index (χ4n) is 2.30. The van der Waals surface area contributed by atoms with Crippen molar-refractivity contribution in [3.05, 3.63) is 69.7 Å². The molecular weight excluding hydrogens is 457 g/mol. The van der Waals surface area contributed by atoms with Crippen molar-refractivity contribution in [2.75, 3.05) is 5.32 Å². The second-order valence-electron chi connectivity index (χ2n) is 5.82. The standard InChI is InChI=1S/C20H12Cl3NO6/c21-10-1-3-12(4-2-10)29-17-9-13(5-6-16(17)25)30-18-14(22)7-11(8-15(18)23)24-19(26)20(27)28/h1-9,25H,(H,24,26)(H,27,28). The van der Waals surface area contributed by atoms with Crippen molar-refractivity contribution in [1.29, 1.82) is 0 Å². The number of carboxylic acids is 1. The van der Waals surface area contributed by atoms with Crippen LogP contribution in [0.25, 0.3) is 0 Å². The van der Waals surface area contributed by atoms with Gasteiger partial charge in [-0.1, -0.05) is 34.8 Å². The summed E-state index contributed by atoms with van der Waals surface area (Å²) in [6.45, 7) is 0. The number of aliphatic carboxylic acids is 1. The highest BCUT2D eigenvalue weighted by molar-refractivity contribution is 6.39. The molecule has 0 saturated carbocycles. The predicted octanol–water partition coefficient (Wildman–Crippen LogP) is 5.96. The lowest BCUT2D eigenvalue weighted by molar-refractivity contribution is -0.147. The molecule has 0 spiro atoms. The topological polar surface area (TPSA) is 105 Å². The predicted molar refractivity (Wildman–Crippen MR) is 112 cm³/mol. The molecule has 3 aromatic rings. The zero-order valence-corrected chi connectivity index (χ0v) is 17.1. The SMILES string of the molecule is O=C(O)C(=O)Nc1cc(Cl)c(Oc2ccc(O)c(Oc3ccc(Cl)cc3)c2)c(Cl)c1. The number of hydrogen-bond acceptors (Lipinski definition) is 5. The highest BCUT2D eigenvalue weighted by atomic mass is 35.5. The number of halogens is 3. The number of amides is 1. The molecule has 0 fully saturated rings. The fraction of sp³-hybridized carbons (Fsp3) is 0. The number of carbonyl (C=O) groups excluding carboxylic acids is 1. The van der Waals surface area contributed by atoms with E-state index in [-0.39, 0.29) is 38.7 Å². The number of carbonyl (C=O) groups is 2. The molecule has 0 heterocycles. The van der Waals surface area contributed by atoms with Gasteiger partial charge < -0.3 is 25.0 Å².